The topological polar surface area (TPSA) is 57.6 Å². The fourth-order valence-electron chi connectivity index (χ4n) is 1.09. The summed E-state index contributed by atoms with van der Waals surface area (Å²) in [6.07, 6.45) is 0. The molecule has 1 atom stereocenters. The van der Waals surface area contributed by atoms with Gasteiger partial charge in [0.2, 0.25) is 5.91 Å². The molecular formula is C8H15NO3. The molecule has 0 radical (unpaired) electrons. The van der Waals surface area contributed by atoms with Crippen LogP contribution in [-0.4, -0.2) is 35.0 Å². The van der Waals surface area contributed by atoms with E-state index in [1.807, 2.05) is 0 Å². The van der Waals surface area contributed by atoms with Gasteiger partial charge in [-0.3, -0.25) is 4.79 Å². The number of carbonyl (C=O) groups is 2. The molecule has 0 rings (SSSR count). The van der Waals surface area contributed by atoms with E-state index in [0.29, 0.717) is 0 Å². The third kappa shape index (κ3) is 2.53. The van der Waals surface area contributed by atoms with Gasteiger partial charge in [0, 0.05) is 14.0 Å². The molecule has 0 aromatic heterocycles. The van der Waals surface area contributed by atoms with Crippen LogP contribution in [0.25, 0.3) is 0 Å². The van der Waals surface area contributed by atoms with E-state index >= 15 is 0 Å². The van der Waals surface area contributed by atoms with Crippen LogP contribution in [0.1, 0.15) is 20.8 Å². The first-order valence-corrected chi connectivity index (χ1v) is 3.84. The lowest BCUT2D eigenvalue weighted by molar-refractivity contribution is -0.150. The van der Waals surface area contributed by atoms with Crippen LogP contribution in [0.4, 0.5) is 0 Å². The molecule has 0 spiro atoms. The summed E-state index contributed by atoms with van der Waals surface area (Å²) in [4.78, 5) is 22.8. The first-order valence-electron chi connectivity index (χ1n) is 3.84. The van der Waals surface area contributed by atoms with E-state index in [2.05, 4.69) is 0 Å². The van der Waals surface area contributed by atoms with Crippen LogP contribution in [0.2, 0.25) is 0 Å². The first kappa shape index (κ1) is 10.9. The highest BCUT2D eigenvalue weighted by atomic mass is 16.4. The number of likely N-dealkylation sites (N-methyl/N-ethyl adjacent to an activating group) is 1. The second kappa shape index (κ2) is 4.09. The van der Waals surface area contributed by atoms with E-state index in [1.54, 1.807) is 13.8 Å². The number of nitrogens with zero attached hydrogens (tertiary/aromatic N) is 1. The van der Waals surface area contributed by atoms with Gasteiger partial charge in [-0.1, -0.05) is 13.8 Å². The summed E-state index contributed by atoms with van der Waals surface area (Å²) < 4.78 is 0. The molecule has 0 saturated heterocycles. The Labute approximate surface area is 72.2 Å². The average Bonchev–Trinajstić information content (AvgIpc) is 1.85. The number of hydrogen-bond donors (Lipinski definition) is 1. The van der Waals surface area contributed by atoms with Gasteiger partial charge >= 0.3 is 5.97 Å². The summed E-state index contributed by atoms with van der Waals surface area (Å²) in [6.45, 7) is 4.91. The molecule has 0 fully saturated rings. The molecule has 0 saturated carbocycles. The highest BCUT2D eigenvalue weighted by Crippen LogP contribution is 2.09. The van der Waals surface area contributed by atoms with Gasteiger partial charge in [0.15, 0.2) is 0 Å². The van der Waals surface area contributed by atoms with Crippen LogP contribution in [0.3, 0.4) is 0 Å². The lowest BCUT2D eigenvalue weighted by Gasteiger charge is -2.26. The summed E-state index contributed by atoms with van der Waals surface area (Å²) >= 11 is 0. The summed E-state index contributed by atoms with van der Waals surface area (Å²) in [6, 6.07) is -0.720. The molecule has 0 aromatic carbocycles. The van der Waals surface area contributed by atoms with Crippen molar-refractivity contribution in [2.24, 2.45) is 5.92 Å². The highest BCUT2D eigenvalue weighted by molar-refractivity contribution is 5.82. The van der Waals surface area contributed by atoms with Crippen molar-refractivity contribution in [1.82, 2.24) is 4.90 Å². The molecule has 70 valence electrons. The van der Waals surface area contributed by atoms with Crippen molar-refractivity contribution < 1.29 is 14.7 Å². The summed E-state index contributed by atoms with van der Waals surface area (Å²) in [7, 11) is 1.50. The Morgan fingerprint density at radius 2 is 1.75 bits per heavy atom. The molecule has 0 unspecified atom stereocenters. The van der Waals surface area contributed by atoms with Crippen LogP contribution in [-0.2, 0) is 9.59 Å². The number of carboxylic acids is 1. The Bertz CT molecular complexity index is 189. The number of carbonyl (C=O) groups excluding carboxylic acids is 1. The molecule has 0 bridgehead atoms. The Balaban J connectivity index is 4.51. The minimum Gasteiger partial charge on any atom is -0.480 e. The third-order valence-electron chi connectivity index (χ3n) is 1.80. The molecule has 0 aliphatic rings. The number of hydrogen-bond acceptors (Lipinski definition) is 2. The molecule has 1 N–H and O–H groups in total. The monoisotopic (exact) mass is 173 g/mol. The lowest BCUT2D eigenvalue weighted by atomic mass is 10.0. The molecule has 0 heterocycles. The van der Waals surface area contributed by atoms with Crippen molar-refractivity contribution in [1.29, 1.82) is 0 Å². The molecule has 4 nitrogen and oxygen atoms in total. The summed E-state index contributed by atoms with van der Waals surface area (Å²) in [5.74, 6) is -1.25. The van der Waals surface area contributed by atoms with E-state index in [-0.39, 0.29) is 11.8 Å². The quantitative estimate of drug-likeness (QED) is 0.679. The number of aliphatic carboxylic acids is 1. The van der Waals surface area contributed by atoms with Gasteiger partial charge in [-0.15, -0.1) is 0 Å². The predicted molar refractivity (Wildman–Crippen MR) is 44.7 cm³/mol. The second-order valence-electron chi connectivity index (χ2n) is 3.16. The fourth-order valence-corrected chi connectivity index (χ4v) is 1.09. The van der Waals surface area contributed by atoms with Crippen LogP contribution in [0.15, 0.2) is 0 Å². The van der Waals surface area contributed by atoms with Crippen LogP contribution >= 0.6 is 0 Å². The average molecular weight is 173 g/mol. The van der Waals surface area contributed by atoms with Gasteiger partial charge in [0.25, 0.3) is 0 Å². The van der Waals surface area contributed by atoms with Gasteiger partial charge < -0.3 is 10.0 Å². The van der Waals surface area contributed by atoms with E-state index in [4.69, 9.17) is 5.11 Å². The zero-order valence-corrected chi connectivity index (χ0v) is 7.87. The molecule has 0 aliphatic heterocycles. The Morgan fingerprint density at radius 3 is 1.83 bits per heavy atom. The zero-order chi connectivity index (χ0) is 9.89. The van der Waals surface area contributed by atoms with Crippen molar-refractivity contribution in [3.63, 3.8) is 0 Å². The minimum absolute atomic E-state index is 0.0728. The normalized spacial score (nSPS) is 12.8. The largest absolute Gasteiger partial charge is 0.480 e. The lowest BCUT2D eigenvalue weighted by Crippen LogP contribution is -2.44. The second-order valence-corrected chi connectivity index (χ2v) is 3.16. The number of amides is 1. The van der Waals surface area contributed by atoms with Gasteiger partial charge in [0.1, 0.15) is 6.04 Å². The van der Waals surface area contributed by atoms with E-state index in [1.165, 1.54) is 18.9 Å². The number of rotatable bonds is 3. The predicted octanol–water partition coefficient (Wildman–Crippen LogP) is 0.574. The van der Waals surface area contributed by atoms with E-state index in [0.717, 1.165) is 0 Å². The number of carboxylic acid groups (broad SMARTS) is 1. The summed E-state index contributed by atoms with van der Waals surface area (Å²) in [5.41, 5.74) is 0. The van der Waals surface area contributed by atoms with E-state index < -0.39 is 12.0 Å². The zero-order valence-electron chi connectivity index (χ0n) is 7.87. The maximum Gasteiger partial charge on any atom is 0.326 e. The third-order valence-corrected chi connectivity index (χ3v) is 1.80. The molecule has 0 aliphatic carbocycles. The summed E-state index contributed by atoms with van der Waals surface area (Å²) in [5, 5.41) is 8.77. The SMILES string of the molecule is CC(=O)N(C)[C@H](C(=O)O)C(C)C. The molecule has 1 amide bonds. The van der Waals surface area contributed by atoms with Gasteiger partial charge in [-0.05, 0) is 5.92 Å². The minimum atomic E-state index is -0.956. The maximum absolute atomic E-state index is 10.9. The van der Waals surface area contributed by atoms with Crippen molar-refractivity contribution in [2.45, 2.75) is 26.8 Å². The molecule has 0 aromatic rings. The van der Waals surface area contributed by atoms with Crippen LogP contribution in [0.5, 0.6) is 0 Å². The Hall–Kier alpha value is -1.06. The molecule has 4 heteroatoms. The Morgan fingerprint density at radius 1 is 1.33 bits per heavy atom. The van der Waals surface area contributed by atoms with Crippen molar-refractivity contribution in [3.8, 4) is 0 Å². The van der Waals surface area contributed by atoms with Crippen LogP contribution < -0.4 is 0 Å². The first-order chi connectivity index (χ1) is 5.37. The van der Waals surface area contributed by atoms with Crippen LogP contribution in [0, 0.1) is 5.92 Å². The van der Waals surface area contributed by atoms with Gasteiger partial charge in [0.05, 0.1) is 0 Å². The van der Waals surface area contributed by atoms with Crippen molar-refractivity contribution >= 4 is 11.9 Å². The van der Waals surface area contributed by atoms with E-state index in [9.17, 15) is 9.59 Å². The fraction of sp³-hybridized carbons (Fsp3) is 0.750. The Kier molecular flexibility index (Phi) is 3.73. The highest BCUT2D eigenvalue weighted by Gasteiger charge is 2.27. The van der Waals surface area contributed by atoms with Crippen molar-refractivity contribution in [2.75, 3.05) is 7.05 Å². The molecular weight excluding hydrogens is 158 g/mol. The van der Waals surface area contributed by atoms with Gasteiger partial charge in [-0.25, -0.2) is 4.79 Å². The van der Waals surface area contributed by atoms with Gasteiger partial charge in [-0.2, -0.15) is 0 Å². The maximum atomic E-state index is 10.9. The smallest absolute Gasteiger partial charge is 0.326 e. The van der Waals surface area contributed by atoms with Crippen molar-refractivity contribution in [3.05, 3.63) is 0 Å². The standard InChI is InChI=1S/C8H15NO3/c1-5(2)7(8(11)12)9(4)6(3)10/h5,7H,1-4H3,(H,11,12)/t7-/m0/s1. The molecule has 12 heavy (non-hydrogen) atoms.